The number of nitrogens with zero attached hydrogens (tertiary/aromatic N) is 6. The number of alkyl halides is 3. The monoisotopic (exact) mass is 632 g/mol. The number of carbonyl (C=O) groups is 1. The molecule has 1 aromatic carbocycles. The third-order valence-electron chi connectivity index (χ3n) is 7.76. The van der Waals surface area contributed by atoms with Crippen LogP contribution in [0.15, 0.2) is 36.7 Å². The Balaban J connectivity index is 1.50. The number of imidazole rings is 1. The number of ether oxygens (including phenoxy) is 1. The van der Waals surface area contributed by atoms with E-state index >= 15 is 0 Å². The third kappa shape index (κ3) is 5.83. The minimum absolute atomic E-state index is 0.00752. The van der Waals surface area contributed by atoms with E-state index < -0.39 is 46.5 Å². The van der Waals surface area contributed by atoms with Crippen molar-refractivity contribution in [2.45, 2.75) is 44.5 Å². The Kier molecular flexibility index (Phi) is 7.73. The van der Waals surface area contributed by atoms with Gasteiger partial charge in [0.1, 0.15) is 23.7 Å². The van der Waals surface area contributed by atoms with Gasteiger partial charge >= 0.3 is 0 Å². The summed E-state index contributed by atoms with van der Waals surface area (Å²) >= 11 is 0. The molecule has 2 aliphatic rings. The van der Waals surface area contributed by atoms with Crippen molar-refractivity contribution in [1.29, 1.82) is 0 Å². The van der Waals surface area contributed by atoms with Crippen LogP contribution in [0.1, 0.15) is 44.2 Å². The molecule has 2 N–H and O–H groups in total. The van der Waals surface area contributed by atoms with Gasteiger partial charge in [0, 0.05) is 38.5 Å². The van der Waals surface area contributed by atoms with Gasteiger partial charge in [0.2, 0.25) is 15.9 Å². The first-order valence-electron chi connectivity index (χ1n) is 14.0. The lowest BCUT2D eigenvalue weighted by Crippen LogP contribution is -2.25. The molecule has 2 fully saturated rings. The van der Waals surface area contributed by atoms with E-state index in [0.29, 0.717) is 24.3 Å². The van der Waals surface area contributed by atoms with Crippen molar-refractivity contribution in [1.82, 2.24) is 24.3 Å². The summed E-state index contributed by atoms with van der Waals surface area (Å²) in [7, 11) is -0.582. The van der Waals surface area contributed by atoms with E-state index in [-0.39, 0.29) is 34.8 Å². The predicted molar refractivity (Wildman–Crippen MR) is 158 cm³/mol. The molecule has 1 saturated carbocycles. The van der Waals surface area contributed by atoms with Crippen LogP contribution in [0.4, 0.5) is 36.1 Å². The average Bonchev–Trinajstić information content (AvgIpc) is 3.36. The van der Waals surface area contributed by atoms with Crippen LogP contribution in [0.2, 0.25) is 0 Å². The maximum Gasteiger partial charge on any atom is 0.295 e. The van der Waals surface area contributed by atoms with Crippen molar-refractivity contribution >= 4 is 50.0 Å². The number of fused-ring (bicyclic) bond motifs is 1. The van der Waals surface area contributed by atoms with E-state index in [9.17, 15) is 26.4 Å². The van der Waals surface area contributed by atoms with Crippen LogP contribution < -0.4 is 14.9 Å². The van der Waals surface area contributed by atoms with Crippen LogP contribution >= 0.6 is 0 Å². The second-order valence-corrected chi connectivity index (χ2v) is 13.0. The summed E-state index contributed by atoms with van der Waals surface area (Å²) in [6, 6.07) is 6.48. The number of rotatable bonds is 9. The molecule has 4 aromatic rings. The zero-order valence-electron chi connectivity index (χ0n) is 24.2. The summed E-state index contributed by atoms with van der Waals surface area (Å²) in [5, 5.41) is 9.93. The van der Waals surface area contributed by atoms with E-state index in [1.165, 1.54) is 17.7 Å². The highest BCUT2D eigenvalue weighted by Crippen LogP contribution is 2.40. The number of sulfonamides is 1. The quantitative estimate of drug-likeness (QED) is 0.266. The van der Waals surface area contributed by atoms with Gasteiger partial charge < -0.3 is 15.4 Å². The lowest BCUT2D eigenvalue weighted by molar-refractivity contribution is -0.117. The Labute approximate surface area is 251 Å². The van der Waals surface area contributed by atoms with Crippen LogP contribution in [0.5, 0.6) is 0 Å². The SMILES string of the molecule is CN(c1cc(-c2cnn(C)c2)ccc1Nc1cc(NC(=O)C2CC2F)nc2c1nc(C(F)F)n2C1CCCCO1)S(C)(=O)=O. The van der Waals surface area contributed by atoms with E-state index in [4.69, 9.17) is 4.74 Å². The topological polar surface area (TPSA) is 136 Å². The van der Waals surface area contributed by atoms with Gasteiger partial charge in [-0.1, -0.05) is 6.07 Å². The second kappa shape index (κ2) is 11.4. The second-order valence-electron chi connectivity index (χ2n) is 11.0. The van der Waals surface area contributed by atoms with E-state index in [2.05, 4.69) is 25.7 Å². The molecule has 3 atom stereocenters. The van der Waals surface area contributed by atoms with Gasteiger partial charge in [-0.2, -0.15) is 5.10 Å². The fraction of sp³-hybridized carbons (Fsp3) is 0.429. The first kappa shape index (κ1) is 29.9. The molecule has 0 bridgehead atoms. The van der Waals surface area contributed by atoms with Crippen LogP contribution in [0.3, 0.4) is 0 Å². The van der Waals surface area contributed by atoms with Crippen LogP contribution in [0, 0.1) is 5.92 Å². The number of carbonyl (C=O) groups excluding carboxylic acids is 1. The highest BCUT2D eigenvalue weighted by atomic mass is 32.2. The van der Waals surface area contributed by atoms with Crippen molar-refractivity contribution in [3.8, 4) is 11.1 Å². The number of benzene rings is 1. The van der Waals surface area contributed by atoms with Gasteiger partial charge in [-0.15, -0.1) is 0 Å². The maximum atomic E-state index is 14.4. The minimum atomic E-state index is -3.73. The number of anilines is 4. The number of pyridine rings is 1. The average molecular weight is 633 g/mol. The Hall–Kier alpha value is -4.18. The first-order valence-corrected chi connectivity index (χ1v) is 15.9. The number of aryl methyl sites for hydroxylation is 1. The van der Waals surface area contributed by atoms with Crippen molar-refractivity contribution in [2.75, 3.05) is 34.8 Å². The van der Waals surface area contributed by atoms with Crippen LogP contribution in [-0.4, -0.2) is 64.7 Å². The first-order chi connectivity index (χ1) is 20.9. The summed E-state index contributed by atoms with van der Waals surface area (Å²) in [5.74, 6) is -1.96. The number of hydrogen-bond acceptors (Lipinski definition) is 8. The number of aromatic nitrogens is 5. The Bertz CT molecular complexity index is 1840. The summed E-state index contributed by atoms with van der Waals surface area (Å²) in [4.78, 5) is 21.4. The number of nitrogens with one attached hydrogen (secondary N) is 2. The maximum absolute atomic E-state index is 14.4. The van der Waals surface area contributed by atoms with Gasteiger partial charge in [-0.25, -0.2) is 31.6 Å². The summed E-state index contributed by atoms with van der Waals surface area (Å²) < 4.78 is 77.5. The van der Waals surface area contributed by atoms with Gasteiger partial charge in [-0.3, -0.25) is 18.3 Å². The highest BCUT2D eigenvalue weighted by Gasteiger charge is 2.44. The van der Waals surface area contributed by atoms with E-state index in [0.717, 1.165) is 29.0 Å². The van der Waals surface area contributed by atoms with E-state index in [1.807, 2.05) is 0 Å². The molecule has 3 unspecified atom stereocenters. The van der Waals surface area contributed by atoms with Gasteiger partial charge in [0.15, 0.2) is 11.5 Å². The molecule has 1 aliphatic heterocycles. The molecule has 1 amide bonds. The molecule has 1 saturated heterocycles. The Morgan fingerprint density at radius 3 is 2.55 bits per heavy atom. The van der Waals surface area contributed by atoms with Crippen molar-refractivity contribution in [2.24, 2.45) is 13.0 Å². The van der Waals surface area contributed by atoms with Crippen LogP contribution in [0.25, 0.3) is 22.3 Å². The molecule has 6 rings (SSSR count). The molecule has 16 heteroatoms. The number of hydrogen-bond donors (Lipinski definition) is 2. The lowest BCUT2D eigenvalue weighted by atomic mass is 10.1. The molecule has 0 radical (unpaired) electrons. The standard InChI is InChI=1S/C28H31F3N8O4S/c1-37-14-16(13-32-37)15-7-8-19(21(10-15)38(2)44(3,41)42)33-20-12-22(35-28(40)17-11-18(17)29)34-26-24(20)36-27(25(30)31)39(26)23-6-4-5-9-43-23/h7-8,10,12-14,17-18,23,25H,4-6,9,11H2,1-3H3,(H2,33,34,35,40). The number of amides is 1. The zero-order chi connectivity index (χ0) is 31.3. The van der Waals surface area contributed by atoms with Crippen molar-refractivity contribution in [3.05, 3.63) is 42.5 Å². The largest absolute Gasteiger partial charge is 0.358 e. The Morgan fingerprint density at radius 2 is 1.93 bits per heavy atom. The van der Waals surface area contributed by atoms with Crippen LogP contribution in [-0.2, 0) is 26.6 Å². The molecule has 12 nitrogen and oxygen atoms in total. The normalized spacial score (nSPS) is 20.2. The van der Waals surface area contributed by atoms with Gasteiger partial charge in [0.25, 0.3) is 6.43 Å². The fourth-order valence-electron chi connectivity index (χ4n) is 5.23. The predicted octanol–water partition coefficient (Wildman–Crippen LogP) is 4.90. The molecular formula is C28H31F3N8O4S. The molecule has 1 aliphatic carbocycles. The summed E-state index contributed by atoms with van der Waals surface area (Å²) in [6.07, 6.45) is 1.58. The third-order valence-corrected chi connectivity index (χ3v) is 8.95. The summed E-state index contributed by atoms with van der Waals surface area (Å²) in [6.45, 7) is 0.374. The zero-order valence-corrected chi connectivity index (χ0v) is 25.0. The van der Waals surface area contributed by atoms with Gasteiger partial charge in [-0.05, 0) is 43.4 Å². The molecule has 0 spiro atoms. The number of halogens is 3. The molecule has 234 valence electrons. The van der Waals surface area contributed by atoms with Gasteiger partial charge in [0.05, 0.1) is 35.4 Å². The Morgan fingerprint density at radius 1 is 1.16 bits per heavy atom. The molecule has 44 heavy (non-hydrogen) atoms. The highest BCUT2D eigenvalue weighted by molar-refractivity contribution is 7.92. The minimum Gasteiger partial charge on any atom is -0.358 e. The van der Waals surface area contributed by atoms with E-state index in [1.54, 1.807) is 42.3 Å². The van der Waals surface area contributed by atoms with Crippen molar-refractivity contribution in [3.63, 3.8) is 0 Å². The smallest absolute Gasteiger partial charge is 0.295 e. The molecule has 3 aromatic heterocycles. The molecular weight excluding hydrogens is 601 g/mol. The van der Waals surface area contributed by atoms with Crippen molar-refractivity contribution < 1.29 is 31.1 Å². The summed E-state index contributed by atoms with van der Waals surface area (Å²) in [5.41, 5.74) is 2.27. The molecule has 4 heterocycles. The fourth-order valence-corrected chi connectivity index (χ4v) is 5.74. The lowest BCUT2D eigenvalue weighted by Gasteiger charge is -2.25.